The first kappa shape index (κ1) is 19.7. The van der Waals surface area contributed by atoms with Crippen molar-refractivity contribution in [1.29, 1.82) is 0 Å². The molecule has 0 spiro atoms. The molecule has 0 amide bonds. The number of benzene rings is 1. The van der Waals surface area contributed by atoms with Gasteiger partial charge >= 0.3 is 0 Å². The zero-order valence-corrected chi connectivity index (χ0v) is 15.6. The Kier molecular flexibility index (Phi) is 8.14. The topological polar surface area (TPSA) is 49.4 Å². The van der Waals surface area contributed by atoms with Crippen molar-refractivity contribution in [1.82, 2.24) is 9.62 Å². The average Bonchev–Trinajstić information content (AvgIpc) is 2.42. The predicted octanol–water partition coefficient (Wildman–Crippen LogP) is 3.78. The number of nitrogens with one attached hydrogen (secondary N) is 1. The SMILES string of the molecule is CCN(CC)CCC[C@@H](C)NS(=O)(=O)c1cc(Cl)cc(Cl)c1. The summed E-state index contributed by atoms with van der Waals surface area (Å²) in [5.41, 5.74) is 0. The molecule has 1 rings (SSSR count). The second-order valence-electron chi connectivity index (χ2n) is 5.30. The Bertz CT molecular complexity index is 555. The van der Waals surface area contributed by atoms with E-state index in [9.17, 15) is 8.42 Å². The van der Waals surface area contributed by atoms with Gasteiger partial charge in [-0.05, 0) is 57.6 Å². The maximum atomic E-state index is 12.3. The van der Waals surface area contributed by atoms with Gasteiger partial charge in [0.1, 0.15) is 0 Å². The van der Waals surface area contributed by atoms with E-state index in [1.807, 2.05) is 6.92 Å². The van der Waals surface area contributed by atoms with E-state index < -0.39 is 10.0 Å². The zero-order chi connectivity index (χ0) is 16.8. The van der Waals surface area contributed by atoms with E-state index in [0.717, 1.165) is 32.5 Å². The van der Waals surface area contributed by atoms with Gasteiger partial charge in [-0.25, -0.2) is 13.1 Å². The Hall–Kier alpha value is -0.330. The Labute approximate surface area is 143 Å². The quantitative estimate of drug-likeness (QED) is 0.723. The third-order valence-electron chi connectivity index (χ3n) is 3.51. The van der Waals surface area contributed by atoms with Crippen molar-refractivity contribution in [2.45, 2.75) is 44.6 Å². The normalized spacial score (nSPS) is 13.5. The minimum absolute atomic E-state index is 0.0978. The van der Waals surface area contributed by atoms with Gasteiger partial charge in [0, 0.05) is 16.1 Å². The van der Waals surface area contributed by atoms with Gasteiger partial charge in [0.25, 0.3) is 0 Å². The first-order chi connectivity index (χ1) is 10.3. The summed E-state index contributed by atoms with van der Waals surface area (Å²) in [5, 5.41) is 0.615. The Morgan fingerprint density at radius 2 is 1.68 bits per heavy atom. The highest BCUT2D eigenvalue weighted by Gasteiger charge is 2.18. The highest BCUT2D eigenvalue weighted by molar-refractivity contribution is 7.89. The van der Waals surface area contributed by atoms with Crippen molar-refractivity contribution >= 4 is 33.2 Å². The van der Waals surface area contributed by atoms with Gasteiger partial charge in [-0.1, -0.05) is 37.0 Å². The van der Waals surface area contributed by atoms with Gasteiger partial charge in [0.15, 0.2) is 0 Å². The molecule has 0 saturated heterocycles. The van der Waals surface area contributed by atoms with E-state index in [4.69, 9.17) is 23.2 Å². The smallest absolute Gasteiger partial charge is 0.240 e. The molecule has 0 bridgehead atoms. The van der Waals surface area contributed by atoms with Crippen molar-refractivity contribution in [3.63, 3.8) is 0 Å². The molecule has 1 atom stereocenters. The average molecular weight is 367 g/mol. The predicted molar refractivity (Wildman–Crippen MR) is 93.3 cm³/mol. The fraction of sp³-hybridized carbons (Fsp3) is 0.600. The maximum absolute atomic E-state index is 12.3. The molecule has 0 radical (unpaired) electrons. The third kappa shape index (κ3) is 6.42. The highest BCUT2D eigenvalue weighted by Crippen LogP contribution is 2.22. The molecule has 1 aromatic rings. The van der Waals surface area contributed by atoms with E-state index in [-0.39, 0.29) is 10.9 Å². The first-order valence-corrected chi connectivity index (χ1v) is 9.73. The maximum Gasteiger partial charge on any atom is 0.240 e. The minimum Gasteiger partial charge on any atom is -0.304 e. The van der Waals surface area contributed by atoms with Crippen LogP contribution in [0.3, 0.4) is 0 Å². The van der Waals surface area contributed by atoms with Crippen LogP contribution in [0.2, 0.25) is 10.0 Å². The van der Waals surface area contributed by atoms with Gasteiger partial charge in [0.05, 0.1) is 4.90 Å². The van der Waals surface area contributed by atoms with Crippen LogP contribution in [0.25, 0.3) is 0 Å². The van der Waals surface area contributed by atoms with Crippen LogP contribution in [0.5, 0.6) is 0 Å². The summed E-state index contributed by atoms with van der Waals surface area (Å²) in [6.07, 6.45) is 1.73. The van der Waals surface area contributed by atoms with Crippen LogP contribution in [0, 0.1) is 0 Å². The number of sulfonamides is 1. The molecule has 4 nitrogen and oxygen atoms in total. The zero-order valence-electron chi connectivity index (χ0n) is 13.3. The molecule has 22 heavy (non-hydrogen) atoms. The lowest BCUT2D eigenvalue weighted by molar-refractivity contribution is 0.293. The number of rotatable bonds is 9. The molecule has 0 saturated carbocycles. The molecular weight excluding hydrogens is 343 g/mol. The van der Waals surface area contributed by atoms with Crippen LogP contribution >= 0.6 is 23.2 Å². The lowest BCUT2D eigenvalue weighted by Crippen LogP contribution is -2.33. The molecule has 1 N–H and O–H groups in total. The summed E-state index contributed by atoms with van der Waals surface area (Å²) < 4.78 is 27.3. The van der Waals surface area contributed by atoms with Crippen LogP contribution in [-0.2, 0) is 10.0 Å². The van der Waals surface area contributed by atoms with E-state index in [1.165, 1.54) is 18.2 Å². The fourth-order valence-electron chi connectivity index (χ4n) is 2.24. The van der Waals surface area contributed by atoms with Gasteiger partial charge in [0.2, 0.25) is 10.0 Å². The second kappa shape index (κ2) is 9.08. The molecule has 0 aliphatic carbocycles. The molecule has 0 aliphatic rings. The van der Waals surface area contributed by atoms with Crippen LogP contribution in [0.4, 0.5) is 0 Å². The lowest BCUT2D eigenvalue weighted by Gasteiger charge is -2.19. The first-order valence-electron chi connectivity index (χ1n) is 7.49. The van der Waals surface area contributed by atoms with Crippen molar-refractivity contribution < 1.29 is 8.42 Å². The molecule has 0 aliphatic heterocycles. The monoisotopic (exact) mass is 366 g/mol. The van der Waals surface area contributed by atoms with E-state index in [1.54, 1.807) is 0 Å². The van der Waals surface area contributed by atoms with Crippen LogP contribution in [0.1, 0.15) is 33.6 Å². The second-order valence-corrected chi connectivity index (χ2v) is 7.88. The molecule has 0 fully saturated rings. The van der Waals surface area contributed by atoms with E-state index in [2.05, 4.69) is 23.5 Å². The number of hydrogen-bond acceptors (Lipinski definition) is 3. The van der Waals surface area contributed by atoms with Crippen molar-refractivity contribution in [3.05, 3.63) is 28.2 Å². The fourth-order valence-corrected chi connectivity index (χ4v) is 4.24. The van der Waals surface area contributed by atoms with Gasteiger partial charge in [-0.3, -0.25) is 0 Å². The summed E-state index contributed by atoms with van der Waals surface area (Å²) in [5.74, 6) is 0. The molecule has 0 aromatic heterocycles. The Morgan fingerprint density at radius 3 is 2.18 bits per heavy atom. The molecule has 0 heterocycles. The summed E-state index contributed by atoms with van der Waals surface area (Å²) in [6.45, 7) is 9.11. The summed E-state index contributed by atoms with van der Waals surface area (Å²) >= 11 is 11.7. The largest absolute Gasteiger partial charge is 0.304 e. The molecule has 7 heteroatoms. The van der Waals surface area contributed by atoms with Crippen molar-refractivity contribution in [2.24, 2.45) is 0 Å². The number of nitrogens with zero attached hydrogens (tertiary/aromatic N) is 1. The van der Waals surface area contributed by atoms with Gasteiger partial charge < -0.3 is 4.90 Å². The minimum atomic E-state index is -3.60. The highest BCUT2D eigenvalue weighted by atomic mass is 35.5. The number of hydrogen-bond donors (Lipinski definition) is 1. The standard InChI is InChI=1S/C15H24Cl2N2O2S/c1-4-19(5-2)8-6-7-12(3)18-22(20,21)15-10-13(16)9-14(17)11-15/h9-12,18H,4-8H2,1-3H3/t12-/m1/s1. The lowest BCUT2D eigenvalue weighted by atomic mass is 10.2. The Balaban J connectivity index is 2.60. The van der Waals surface area contributed by atoms with Crippen LogP contribution in [0.15, 0.2) is 23.1 Å². The van der Waals surface area contributed by atoms with Crippen molar-refractivity contribution in [3.8, 4) is 0 Å². The van der Waals surface area contributed by atoms with Crippen LogP contribution in [-0.4, -0.2) is 39.0 Å². The third-order valence-corrected chi connectivity index (χ3v) is 5.51. The summed E-state index contributed by atoms with van der Waals surface area (Å²) in [7, 11) is -3.60. The molecule has 1 aromatic carbocycles. The molecule has 0 unspecified atom stereocenters. The van der Waals surface area contributed by atoms with Gasteiger partial charge in [-0.15, -0.1) is 0 Å². The molecular formula is C15H24Cl2N2O2S. The number of halogens is 2. The van der Waals surface area contributed by atoms with Crippen molar-refractivity contribution in [2.75, 3.05) is 19.6 Å². The van der Waals surface area contributed by atoms with Gasteiger partial charge in [-0.2, -0.15) is 0 Å². The van der Waals surface area contributed by atoms with E-state index in [0.29, 0.717) is 10.0 Å². The summed E-state index contributed by atoms with van der Waals surface area (Å²) in [4.78, 5) is 2.42. The molecule has 126 valence electrons. The van der Waals surface area contributed by atoms with E-state index >= 15 is 0 Å². The summed E-state index contributed by atoms with van der Waals surface area (Å²) in [6, 6.07) is 4.17. The van der Waals surface area contributed by atoms with Crippen LogP contribution < -0.4 is 4.72 Å². The Morgan fingerprint density at radius 1 is 1.14 bits per heavy atom.